The predicted octanol–water partition coefficient (Wildman–Crippen LogP) is 3.80. The summed E-state index contributed by atoms with van der Waals surface area (Å²) in [5.41, 5.74) is 3.28. The van der Waals surface area contributed by atoms with Crippen LogP contribution in [0.1, 0.15) is 24.0 Å². The molecule has 5 nitrogen and oxygen atoms in total. The lowest BCUT2D eigenvalue weighted by Gasteiger charge is -2.38. The Morgan fingerprint density at radius 1 is 1.13 bits per heavy atom. The van der Waals surface area contributed by atoms with Crippen LogP contribution >= 0.6 is 11.6 Å². The number of hydrogen-bond donors (Lipinski definition) is 3. The molecule has 0 amide bonds. The minimum Gasteiger partial charge on any atom is -0.489 e. The number of rotatable bonds is 7. The maximum absolute atomic E-state index is 13.7. The van der Waals surface area contributed by atoms with E-state index in [1.165, 1.54) is 0 Å². The van der Waals surface area contributed by atoms with Crippen LogP contribution in [0.4, 0.5) is 8.78 Å². The zero-order chi connectivity index (χ0) is 22.0. The zero-order valence-corrected chi connectivity index (χ0v) is 17.5. The standard InChI is InChI=1S/C23H23ClF2N2O3/c24-21-17(25)7-8-18(26)22(21)31-9-1-2-13-3-5-14(6-4-13)16-10-15-11-27-12-19(28-15)20(16)23(29)30/h3-8,15,19,27-28H,1-2,9-12H2,(H,29,30)/t15?,19-/m1/s1. The van der Waals surface area contributed by atoms with Crippen LogP contribution in [-0.2, 0) is 11.2 Å². The molecule has 2 heterocycles. The molecule has 164 valence electrons. The average molecular weight is 449 g/mol. The Morgan fingerprint density at radius 3 is 2.61 bits per heavy atom. The normalized spacial score (nSPS) is 20.6. The number of aliphatic carboxylic acids is 1. The number of halogens is 3. The summed E-state index contributed by atoms with van der Waals surface area (Å²) in [6.45, 7) is 1.62. The van der Waals surface area contributed by atoms with E-state index >= 15 is 0 Å². The van der Waals surface area contributed by atoms with E-state index < -0.39 is 17.6 Å². The van der Waals surface area contributed by atoms with Gasteiger partial charge in [0.2, 0.25) is 0 Å². The Kier molecular flexibility index (Phi) is 6.55. The van der Waals surface area contributed by atoms with Crippen LogP contribution < -0.4 is 15.4 Å². The summed E-state index contributed by atoms with van der Waals surface area (Å²) in [7, 11) is 0. The Hall–Kier alpha value is -2.48. The van der Waals surface area contributed by atoms with E-state index in [9.17, 15) is 18.7 Å². The molecule has 1 fully saturated rings. The van der Waals surface area contributed by atoms with Gasteiger partial charge in [-0.2, -0.15) is 0 Å². The largest absolute Gasteiger partial charge is 0.489 e. The molecular formula is C23H23ClF2N2O3. The lowest BCUT2D eigenvalue weighted by atomic mass is 9.84. The minimum absolute atomic E-state index is 0.188. The van der Waals surface area contributed by atoms with Crippen molar-refractivity contribution >= 4 is 23.1 Å². The second kappa shape index (κ2) is 9.34. The quantitative estimate of drug-likeness (QED) is 0.444. The van der Waals surface area contributed by atoms with Gasteiger partial charge in [0.15, 0.2) is 11.6 Å². The first-order chi connectivity index (χ1) is 14.9. The highest BCUT2D eigenvalue weighted by Crippen LogP contribution is 2.32. The van der Waals surface area contributed by atoms with E-state index in [2.05, 4.69) is 10.6 Å². The lowest BCUT2D eigenvalue weighted by Crippen LogP contribution is -2.58. The van der Waals surface area contributed by atoms with Gasteiger partial charge in [0.25, 0.3) is 0 Å². The molecule has 1 saturated heterocycles. The highest BCUT2D eigenvalue weighted by atomic mass is 35.5. The number of nitrogens with one attached hydrogen (secondary N) is 2. The van der Waals surface area contributed by atoms with Crippen molar-refractivity contribution < 1.29 is 23.4 Å². The molecule has 2 aliphatic rings. The molecule has 0 aromatic heterocycles. The molecule has 4 rings (SSSR count). The number of carboxylic acid groups (broad SMARTS) is 1. The molecule has 0 spiro atoms. The molecular weight excluding hydrogens is 426 g/mol. The van der Waals surface area contributed by atoms with Crippen molar-refractivity contribution in [1.29, 1.82) is 0 Å². The third kappa shape index (κ3) is 4.74. The Morgan fingerprint density at radius 2 is 1.87 bits per heavy atom. The van der Waals surface area contributed by atoms with E-state index in [-0.39, 0.29) is 29.5 Å². The van der Waals surface area contributed by atoms with Crippen molar-refractivity contribution in [2.24, 2.45) is 0 Å². The number of hydrogen-bond acceptors (Lipinski definition) is 4. The molecule has 1 unspecified atom stereocenters. The fraction of sp³-hybridized carbons (Fsp3) is 0.348. The van der Waals surface area contributed by atoms with Crippen molar-refractivity contribution in [2.45, 2.75) is 31.3 Å². The minimum atomic E-state index is -0.890. The average Bonchev–Trinajstić information content (AvgIpc) is 2.76. The topological polar surface area (TPSA) is 70.6 Å². The van der Waals surface area contributed by atoms with Crippen LogP contribution in [0.15, 0.2) is 42.0 Å². The number of ether oxygens (including phenoxy) is 1. The number of aryl methyl sites for hydroxylation is 1. The Labute approximate surface area is 184 Å². The molecule has 31 heavy (non-hydrogen) atoms. The van der Waals surface area contributed by atoms with Gasteiger partial charge in [-0.15, -0.1) is 0 Å². The molecule has 2 atom stereocenters. The van der Waals surface area contributed by atoms with Gasteiger partial charge in [-0.25, -0.2) is 13.6 Å². The number of fused-ring (bicyclic) bond motifs is 2. The maximum Gasteiger partial charge on any atom is 0.333 e. The fourth-order valence-electron chi connectivity index (χ4n) is 4.20. The van der Waals surface area contributed by atoms with Gasteiger partial charge in [-0.1, -0.05) is 35.9 Å². The summed E-state index contributed by atoms with van der Waals surface area (Å²) in [6.07, 6.45) is 1.93. The highest BCUT2D eigenvalue weighted by molar-refractivity contribution is 6.32. The smallest absolute Gasteiger partial charge is 0.333 e. The first kappa shape index (κ1) is 21.7. The summed E-state index contributed by atoms with van der Waals surface area (Å²) in [4.78, 5) is 11.9. The molecule has 0 aliphatic carbocycles. The van der Waals surface area contributed by atoms with E-state index in [1.54, 1.807) is 0 Å². The zero-order valence-electron chi connectivity index (χ0n) is 16.8. The van der Waals surface area contributed by atoms with Crippen molar-refractivity contribution in [3.05, 3.63) is 69.8 Å². The van der Waals surface area contributed by atoms with Crippen molar-refractivity contribution in [1.82, 2.24) is 10.6 Å². The van der Waals surface area contributed by atoms with Crippen LogP contribution in [0, 0.1) is 11.6 Å². The maximum atomic E-state index is 13.7. The number of benzene rings is 2. The van der Waals surface area contributed by atoms with E-state index in [4.69, 9.17) is 16.3 Å². The number of carbonyl (C=O) groups is 1. The summed E-state index contributed by atoms with van der Waals surface area (Å²) < 4.78 is 32.5. The summed E-state index contributed by atoms with van der Waals surface area (Å²) in [5, 5.41) is 16.0. The molecule has 0 saturated carbocycles. The monoisotopic (exact) mass is 448 g/mol. The SMILES string of the molecule is O=C(O)C1=C(c2ccc(CCCOc3c(F)ccc(F)c3Cl)cc2)CC2CNC[C@H]1N2. The van der Waals surface area contributed by atoms with Crippen LogP contribution in [0.3, 0.4) is 0 Å². The van der Waals surface area contributed by atoms with Gasteiger partial charge in [0.1, 0.15) is 10.8 Å². The predicted molar refractivity (Wildman–Crippen MR) is 114 cm³/mol. The second-order valence-electron chi connectivity index (χ2n) is 7.80. The number of carboxylic acids is 1. The van der Waals surface area contributed by atoms with Gasteiger partial charge in [0.05, 0.1) is 18.2 Å². The second-order valence-corrected chi connectivity index (χ2v) is 8.18. The van der Waals surface area contributed by atoms with E-state index in [0.717, 1.165) is 35.4 Å². The van der Waals surface area contributed by atoms with Crippen molar-refractivity contribution in [3.63, 3.8) is 0 Å². The summed E-state index contributed by atoms with van der Waals surface area (Å²) >= 11 is 5.76. The molecule has 0 radical (unpaired) electrons. The highest BCUT2D eigenvalue weighted by Gasteiger charge is 2.35. The van der Waals surface area contributed by atoms with Gasteiger partial charge < -0.3 is 20.5 Å². The fourth-order valence-corrected chi connectivity index (χ4v) is 4.41. The van der Waals surface area contributed by atoms with E-state index in [0.29, 0.717) is 31.4 Å². The Balaban J connectivity index is 1.40. The van der Waals surface area contributed by atoms with Gasteiger partial charge in [0, 0.05) is 19.1 Å². The lowest BCUT2D eigenvalue weighted by molar-refractivity contribution is -0.133. The van der Waals surface area contributed by atoms with Crippen LogP contribution in [0.5, 0.6) is 5.75 Å². The Bertz CT molecular complexity index is 1010. The summed E-state index contributed by atoms with van der Waals surface area (Å²) in [5.74, 6) is -2.57. The van der Waals surface area contributed by atoms with Gasteiger partial charge in [-0.05, 0) is 48.1 Å². The first-order valence-electron chi connectivity index (χ1n) is 10.2. The van der Waals surface area contributed by atoms with Gasteiger partial charge in [-0.3, -0.25) is 0 Å². The van der Waals surface area contributed by atoms with Gasteiger partial charge >= 0.3 is 5.97 Å². The number of piperazine rings is 1. The summed E-state index contributed by atoms with van der Waals surface area (Å²) in [6, 6.07) is 9.82. The molecule has 8 heteroatoms. The first-order valence-corrected chi connectivity index (χ1v) is 10.6. The van der Waals surface area contributed by atoms with Crippen LogP contribution in [0.2, 0.25) is 5.02 Å². The van der Waals surface area contributed by atoms with Crippen LogP contribution in [-0.4, -0.2) is 42.9 Å². The van der Waals surface area contributed by atoms with E-state index in [1.807, 2.05) is 24.3 Å². The van der Waals surface area contributed by atoms with Crippen molar-refractivity contribution in [3.8, 4) is 5.75 Å². The molecule has 2 aromatic carbocycles. The molecule has 2 bridgehead atoms. The molecule has 3 N–H and O–H groups in total. The van der Waals surface area contributed by atoms with Crippen molar-refractivity contribution in [2.75, 3.05) is 19.7 Å². The molecule has 2 aliphatic heterocycles. The van der Waals surface area contributed by atoms with Crippen LogP contribution in [0.25, 0.3) is 5.57 Å². The third-order valence-electron chi connectivity index (χ3n) is 5.69. The third-order valence-corrected chi connectivity index (χ3v) is 6.04. The molecule has 2 aromatic rings.